The maximum absolute atomic E-state index is 11.5. The number of anilines is 2. The predicted octanol–water partition coefficient (Wildman–Crippen LogP) is 3.79. The average molecular weight is 264 g/mol. The Balaban J connectivity index is 2.25. The van der Waals surface area contributed by atoms with Crippen LogP contribution in [0.2, 0.25) is 0 Å². The highest BCUT2D eigenvalue weighted by molar-refractivity contribution is 7.18. The maximum atomic E-state index is 11.5. The Morgan fingerprint density at radius 1 is 1.44 bits per heavy atom. The Kier molecular flexibility index (Phi) is 3.76. The highest BCUT2D eigenvalue weighted by Gasteiger charge is 2.32. The SMILES string of the molecule is CC(=O)c1sc(NCC=C(C)C)c(C2CC2)c1N. The molecular formula is C14H20N2OS. The number of nitrogens with two attached hydrogens (primary N) is 1. The molecule has 0 radical (unpaired) electrons. The molecule has 0 atom stereocenters. The fraction of sp³-hybridized carbons (Fsp3) is 0.500. The molecule has 0 amide bonds. The second-order valence-corrected chi connectivity index (χ2v) is 6.10. The molecular weight excluding hydrogens is 244 g/mol. The number of allylic oxidation sites excluding steroid dienone is 1. The Hall–Kier alpha value is -1.29. The first-order valence-corrected chi connectivity index (χ1v) is 7.12. The zero-order chi connectivity index (χ0) is 13.3. The van der Waals surface area contributed by atoms with Crippen molar-refractivity contribution in [1.29, 1.82) is 0 Å². The van der Waals surface area contributed by atoms with Crippen LogP contribution in [0, 0.1) is 0 Å². The summed E-state index contributed by atoms with van der Waals surface area (Å²) in [6.45, 7) is 6.53. The molecule has 0 aromatic carbocycles. The van der Waals surface area contributed by atoms with E-state index in [-0.39, 0.29) is 5.78 Å². The molecule has 4 heteroatoms. The standard InChI is InChI=1S/C14H20N2OS/c1-8(2)6-7-16-14-11(10-4-5-10)12(15)13(18-14)9(3)17/h6,10,16H,4-5,7,15H2,1-3H3. The Labute approximate surface area is 112 Å². The molecule has 18 heavy (non-hydrogen) atoms. The minimum absolute atomic E-state index is 0.0645. The average Bonchev–Trinajstić information content (AvgIpc) is 3.04. The summed E-state index contributed by atoms with van der Waals surface area (Å²) in [6.07, 6.45) is 4.52. The highest BCUT2D eigenvalue weighted by Crippen LogP contribution is 2.50. The predicted molar refractivity (Wildman–Crippen MR) is 78.6 cm³/mol. The zero-order valence-electron chi connectivity index (χ0n) is 11.2. The van der Waals surface area contributed by atoms with Gasteiger partial charge in [0.2, 0.25) is 0 Å². The van der Waals surface area contributed by atoms with E-state index >= 15 is 0 Å². The lowest BCUT2D eigenvalue weighted by Crippen LogP contribution is -2.00. The van der Waals surface area contributed by atoms with Crippen LogP contribution in [0.25, 0.3) is 0 Å². The van der Waals surface area contributed by atoms with Crippen LogP contribution in [0.5, 0.6) is 0 Å². The van der Waals surface area contributed by atoms with Crippen molar-refractivity contribution in [1.82, 2.24) is 0 Å². The molecule has 2 rings (SSSR count). The van der Waals surface area contributed by atoms with Gasteiger partial charge in [0.05, 0.1) is 15.6 Å². The third-order valence-electron chi connectivity index (χ3n) is 3.06. The summed E-state index contributed by atoms with van der Waals surface area (Å²) in [4.78, 5) is 12.3. The number of hydrogen-bond acceptors (Lipinski definition) is 4. The number of Topliss-reactive ketones (excluding diaryl/α,β-unsaturated/α-hetero) is 1. The van der Waals surface area contributed by atoms with Crippen LogP contribution >= 0.6 is 11.3 Å². The Morgan fingerprint density at radius 2 is 2.11 bits per heavy atom. The molecule has 98 valence electrons. The number of thiophene rings is 1. The fourth-order valence-electron chi connectivity index (χ4n) is 1.97. The van der Waals surface area contributed by atoms with Crippen molar-refractivity contribution >= 4 is 27.8 Å². The first-order valence-electron chi connectivity index (χ1n) is 6.31. The van der Waals surface area contributed by atoms with Crippen molar-refractivity contribution in [3.05, 3.63) is 22.1 Å². The van der Waals surface area contributed by atoms with Crippen LogP contribution in [0.4, 0.5) is 10.7 Å². The van der Waals surface area contributed by atoms with Crippen molar-refractivity contribution in [2.24, 2.45) is 0 Å². The van der Waals surface area contributed by atoms with E-state index in [1.807, 2.05) is 0 Å². The van der Waals surface area contributed by atoms with E-state index in [0.29, 0.717) is 16.5 Å². The molecule has 1 aliphatic carbocycles. The van der Waals surface area contributed by atoms with Crippen molar-refractivity contribution < 1.29 is 4.79 Å². The molecule has 3 nitrogen and oxygen atoms in total. The number of nitrogens with one attached hydrogen (secondary N) is 1. The second-order valence-electron chi connectivity index (χ2n) is 5.08. The van der Waals surface area contributed by atoms with Gasteiger partial charge in [-0.25, -0.2) is 0 Å². The Bertz CT molecular complexity index is 494. The van der Waals surface area contributed by atoms with Crippen LogP contribution in [0.3, 0.4) is 0 Å². The van der Waals surface area contributed by atoms with Gasteiger partial charge in [-0.2, -0.15) is 0 Å². The summed E-state index contributed by atoms with van der Waals surface area (Å²) < 4.78 is 0. The third kappa shape index (κ3) is 2.75. The number of carbonyl (C=O) groups excluding carboxylic acids is 1. The van der Waals surface area contributed by atoms with Crippen LogP contribution < -0.4 is 11.1 Å². The second kappa shape index (κ2) is 5.14. The number of nitrogen functional groups attached to an aromatic ring is 1. The molecule has 0 aliphatic heterocycles. The molecule has 0 bridgehead atoms. The van der Waals surface area contributed by atoms with Gasteiger partial charge in [0.25, 0.3) is 0 Å². The van der Waals surface area contributed by atoms with Crippen molar-refractivity contribution in [3.63, 3.8) is 0 Å². The number of ketones is 1. The van der Waals surface area contributed by atoms with E-state index in [1.165, 1.54) is 35.3 Å². The van der Waals surface area contributed by atoms with E-state index < -0.39 is 0 Å². The van der Waals surface area contributed by atoms with E-state index in [4.69, 9.17) is 5.73 Å². The van der Waals surface area contributed by atoms with Gasteiger partial charge in [-0.05, 0) is 32.6 Å². The first kappa shape index (κ1) is 13.1. The lowest BCUT2D eigenvalue weighted by molar-refractivity contribution is 0.102. The van der Waals surface area contributed by atoms with E-state index in [2.05, 4.69) is 25.2 Å². The summed E-state index contributed by atoms with van der Waals surface area (Å²) in [5.74, 6) is 0.623. The van der Waals surface area contributed by atoms with E-state index in [9.17, 15) is 4.79 Å². The minimum atomic E-state index is 0.0645. The van der Waals surface area contributed by atoms with Gasteiger partial charge >= 0.3 is 0 Å². The minimum Gasteiger partial charge on any atom is -0.397 e. The zero-order valence-corrected chi connectivity index (χ0v) is 12.0. The quantitative estimate of drug-likeness (QED) is 0.628. The van der Waals surface area contributed by atoms with E-state index in [1.54, 1.807) is 6.92 Å². The monoisotopic (exact) mass is 264 g/mol. The molecule has 1 aliphatic rings. The van der Waals surface area contributed by atoms with Gasteiger partial charge in [0.1, 0.15) is 0 Å². The molecule has 3 N–H and O–H groups in total. The normalized spacial score (nSPS) is 14.4. The van der Waals surface area contributed by atoms with Gasteiger partial charge in [0.15, 0.2) is 5.78 Å². The molecule has 1 saturated carbocycles. The largest absolute Gasteiger partial charge is 0.397 e. The summed E-state index contributed by atoms with van der Waals surface area (Å²) in [5, 5.41) is 4.47. The van der Waals surface area contributed by atoms with Crippen LogP contribution in [-0.2, 0) is 0 Å². The van der Waals surface area contributed by atoms with Crippen molar-refractivity contribution in [2.75, 3.05) is 17.6 Å². The van der Waals surface area contributed by atoms with Crippen LogP contribution in [0.1, 0.15) is 54.8 Å². The van der Waals surface area contributed by atoms with Gasteiger partial charge in [0, 0.05) is 19.0 Å². The van der Waals surface area contributed by atoms with Gasteiger partial charge in [-0.1, -0.05) is 11.6 Å². The fourth-order valence-corrected chi connectivity index (χ4v) is 3.08. The van der Waals surface area contributed by atoms with Gasteiger partial charge in [-0.15, -0.1) is 11.3 Å². The molecule has 1 aromatic rings. The summed E-state index contributed by atoms with van der Waals surface area (Å²) in [7, 11) is 0. The number of rotatable bonds is 5. The molecule has 0 spiro atoms. The number of hydrogen-bond donors (Lipinski definition) is 2. The summed E-state index contributed by atoms with van der Waals surface area (Å²) in [6, 6.07) is 0. The molecule has 1 heterocycles. The smallest absolute Gasteiger partial charge is 0.171 e. The lowest BCUT2D eigenvalue weighted by atomic mass is 10.1. The topological polar surface area (TPSA) is 55.1 Å². The van der Waals surface area contributed by atoms with Gasteiger partial charge in [-0.3, -0.25) is 4.79 Å². The molecule has 0 unspecified atom stereocenters. The van der Waals surface area contributed by atoms with E-state index in [0.717, 1.165) is 11.5 Å². The molecule has 1 aromatic heterocycles. The summed E-state index contributed by atoms with van der Waals surface area (Å²) >= 11 is 1.50. The molecule has 1 fully saturated rings. The van der Waals surface area contributed by atoms with Crippen LogP contribution in [0.15, 0.2) is 11.6 Å². The third-order valence-corrected chi connectivity index (χ3v) is 4.34. The lowest BCUT2D eigenvalue weighted by Gasteiger charge is -2.05. The number of carbonyl (C=O) groups is 1. The first-order chi connectivity index (χ1) is 8.50. The van der Waals surface area contributed by atoms with Crippen molar-refractivity contribution in [3.8, 4) is 0 Å². The maximum Gasteiger partial charge on any atom is 0.171 e. The van der Waals surface area contributed by atoms with Crippen LogP contribution in [-0.4, -0.2) is 12.3 Å². The highest BCUT2D eigenvalue weighted by atomic mass is 32.1. The van der Waals surface area contributed by atoms with Crippen molar-refractivity contribution in [2.45, 2.75) is 39.5 Å². The molecule has 0 saturated heterocycles. The Morgan fingerprint density at radius 3 is 2.61 bits per heavy atom. The van der Waals surface area contributed by atoms with Gasteiger partial charge < -0.3 is 11.1 Å². The summed E-state index contributed by atoms with van der Waals surface area (Å²) in [5.41, 5.74) is 9.27.